The fourth-order valence-electron chi connectivity index (χ4n) is 9.18. The third-order valence-electron chi connectivity index (χ3n) is 12.8. The van der Waals surface area contributed by atoms with Crippen LogP contribution in [0.1, 0.15) is 60.7 Å². The summed E-state index contributed by atoms with van der Waals surface area (Å²) in [6.45, 7) is 16.8. The fraction of sp³-hybridized carbons (Fsp3) is 0.659. The number of anilines is 2. The number of hydrogen-bond donors (Lipinski definition) is 2. The van der Waals surface area contributed by atoms with Crippen LogP contribution in [-0.2, 0) is 4.74 Å². The normalized spacial score (nSPS) is 22.5. The Hall–Kier alpha value is -3.70. The number of nitrogens with zero attached hydrogens (tertiary/aromatic N) is 8. The summed E-state index contributed by atoms with van der Waals surface area (Å²) in [7, 11) is 4.27. The predicted molar refractivity (Wildman–Crippen MR) is 217 cm³/mol. The monoisotopic (exact) mass is 772 g/mol. The van der Waals surface area contributed by atoms with E-state index in [0.29, 0.717) is 83.8 Å². The summed E-state index contributed by atoms with van der Waals surface area (Å²) in [5.74, 6) is -1.52. The van der Waals surface area contributed by atoms with Gasteiger partial charge in [0.05, 0.1) is 35.5 Å². The highest BCUT2D eigenvalue weighted by molar-refractivity contribution is 6.36. The number of hydrogen-bond acceptors (Lipinski definition) is 13. The Bertz CT molecular complexity index is 1670. The third kappa shape index (κ3) is 8.17. The van der Waals surface area contributed by atoms with Crippen LogP contribution in [0.4, 0.5) is 11.4 Å². The number of piperidine rings is 1. The molecular weight excluding hydrogens is 713 g/mol. The Labute approximate surface area is 330 Å². The molecule has 15 heteroatoms. The summed E-state index contributed by atoms with van der Waals surface area (Å²) < 4.78 is 5.54. The average Bonchev–Trinajstić information content (AvgIpc) is 3.21. The molecule has 6 aliphatic rings. The van der Waals surface area contributed by atoms with Crippen molar-refractivity contribution in [3.8, 4) is 0 Å². The van der Waals surface area contributed by atoms with Crippen molar-refractivity contribution in [2.24, 2.45) is 0 Å². The number of carbonyl (C=O) groups excluding carboxylic acids is 4. The van der Waals surface area contributed by atoms with Crippen LogP contribution in [0.5, 0.6) is 0 Å². The van der Waals surface area contributed by atoms with E-state index in [4.69, 9.17) is 4.74 Å². The van der Waals surface area contributed by atoms with Crippen molar-refractivity contribution in [1.82, 2.24) is 39.2 Å². The molecule has 0 saturated carbocycles. The van der Waals surface area contributed by atoms with E-state index in [0.717, 1.165) is 104 Å². The van der Waals surface area contributed by atoms with Crippen LogP contribution in [0.15, 0.2) is 12.1 Å². The van der Waals surface area contributed by atoms with E-state index >= 15 is 0 Å². The highest BCUT2D eigenvalue weighted by atomic mass is 16.5. The summed E-state index contributed by atoms with van der Waals surface area (Å²) in [5, 5.41) is 7.95. The van der Waals surface area contributed by atoms with E-state index in [1.165, 1.54) is 16.2 Å². The topological polar surface area (TPSA) is 127 Å². The number of carbonyl (C=O) groups is 4. The molecule has 2 N–H and O–H groups in total. The molecule has 56 heavy (non-hydrogen) atoms. The quantitative estimate of drug-likeness (QED) is 0.267. The van der Waals surface area contributed by atoms with Gasteiger partial charge in [0.15, 0.2) is 0 Å². The Kier molecular flexibility index (Phi) is 12.2. The summed E-state index contributed by atoms with van der Waals surface area (Å²) in [5.41, 5.74) is 2.55. The maximum atomic E-state index is 14.7. The van der Waals surface area contributed by atoms with Crippen molar-refractivity contribution in [3.63, 3.8) is 0 Å². The number of ether oxygens (including phenoxy) is 1. The molecule has 4 amide bonds. The lowest BCUT2D eigenvalue weighted by molar-refractivity contribution is 0.0315. The van der Waals surface area contributed by atoms with Gasteiger partial charge in [-0.15, -0.1) is 0 Å². The zero-order valence-corrected chi connectivity index (χ0v) is 33.5. The van der Waals surface area contributed by atoms with Crippen LogP contribution in [0.3, 0.4) is 0 Å². The molecule has 0 bridgehead atoms. The second-order valence-electron chi connectivity index (χ2n) is 16.5. The first-order chi connectivity index (χ1) is 27.3. The summed E-state index contributed by atoms with van der Waals surface area (Å²) in [6, 6.07) is 3.58. The first kappa shape index (κ1) is 39.1. The summed E-state index contributed by atoms with van der Waals surface area (Å²) >= 11 is 0. The molecule has 6 aliphatic heterocycles. The van der Waals surface area contributed by atoms with E-state index < -0.39 is 11.8 Å². The van der Waals surface area contributed by atoms with E-state index in [9.17, 15) is 19.2 Å². The van der Waals surface area contributed by atoms with Crippen molar-refractivity contribution >= 4 is 45.8 Å². The van der Waals surface area contributed by atoms with Gasteiger partial charge in [0.1, 0.15) is 0 Å². The number of nitrogens with one attached hydrogen (secondary N) is 2. The molecule has 15 nitrogen and oxygen atoms in total. The van der Waals surface area contributed by atoms with Gasteiger partial charge in [0.25, 0.3) is 23.6 Å². The van der Waals surface area contributed by atoms with Crippen molar-refractivity contribution in [1.29, 1.82) is 0 Å². The largest absolute Gasteiger partial charge is 0.383 e. The molecule has 0 aromatic heterocycles. The first-order valence-electron chi connectivity index (χ1n) is 21.0. The Morgan fingerprint density at radius 2 is 0.893 bits per heavy atom. The van der Waals surface area contributed by atoms with Gasteiger partial charge in [-0.2, -0.15) is 0 Å². The smallest absolute Gasteiger partial charge is 0.263 e. The van der Waals surface area contributed by atoms with Gasteiger partial charge in [0.2, 0.25) is 0 Å². The van der Waals surface area contributed by atoms with E-state index in [2.05, 4.69) is 54.1 Å². The minimum atomic E-state index is -0.391. The lowest BCUT2D eigenvalue weighted by atomic mass is 9.83. The van der Waals surface area contributed by atoms with Gasteiger partial charge in [-0.1, -0.05) is 6.42 Å². The first-order valence-corrected chi connectivity index (χ1v) is 21.0. The molecule has 4 saturated heterocycles. The van der Waals surface area contributed by atoms with Crippen LogP contribution in [-0.4, -0.2) is 221 Å². The van der Waals surface area contributed by atoms with Crippen LogP contribution < -0.4 is 10.6 Å². The van der Waals surface area contributed by atoms with Gasteiger partial charge >= 0.3 is 0 Å². The standard InChI is InChI=1S/C41H60N10O5/c1-44-12-16-47(17-13-44)10-6-42-32-29-31-35-34-30(38(52)50(40(54)36(32)34)22-20-46-8-4-3-5-9-46)28-33(43-7-11-48-18-14-45(2)15-19-48)37(35)41(55)51(39(31)53)23-21-49-24-26-56-27-25-49/h28-29,42-43H,3-27H2,1-2H3. The zero-order chi connectivity index (χ0) is 38.8. The molecule has 8 rings (SSSR count). The predicted octanol–water partition coefficient (Wildman–Crippen LogP) is 1.17. The SMILES string of the molecule is CN1CCN(CCNc2cc3c4c(c(NCCN5CCN(C)CC5)cc5c4c2C(=O)N(CCN2CCCCC2)C5=O)C(=O)N(CCN2CCOCC2)C3=O)CC1. The van der Waals surface area contributed by atoms with E-state index in [1.54, 1.807) is 12.1 Å². The molecular formula is C41H60N10O5. The van der Waals surface area contributed by atoms with Crippen LogP contribution in [0.25, 0.3) is 10.8 Å². The minimum absolute atomic E-state index is 0.233. The highest BCUT2D eigenvalue weighted by Gasteiger charge is 2.43. The number of benzene rings is 2. The Balaban J connectivity index is 1.17. The summed E-state index contributed by atoms with van der Waals surface area (Å²) in [6.07, 6.45) is 3.44. The maximum Gasteiger partial charge on any atom is 0.263 e. The second-order valence-corrected chi connectivity index (χ2v) is 16.5. The van der Waals surface area contributed by atoms with Crippen molar-refractivity contribution in [2.45, 2.75) is 19.3 Å². The number of imide groups is 2. The molecule has 2 aromatic carbocycles. The fourth-order valence-corrected chi connectivity index (χ4v) is 9.18. The molecule has 0 unspecified atom stereocenters. The number of likely N-dealkylation sites (N-methyl/N-ethyl adjacent to an activating group) is 2. The molecule has 0 atom stereocenters. The van der Waals surface area contributed by atoms with Crippen LogP contribution in [0.2, 0.25) is 0 Å². The number of likely N-dealkylation sites (tertiary alicyclic amines) is 1. The third-order valence-corrected chi connectivity index (χ3v) is 12.8. The number of piperazine rings is 2. The van der Waals surface area contributed by atoms with Gasteiger partial charge in [-0.3, -0.25) is 43.7 Å². The van der Waals surface area contributed by atoms with Crippen molar-refractivity contribution in [2.75, 3.05) is 169 Å². The molecule has 0 aliphatic carbocycles. The number of morpholine rings is 1. The van der Waals surface area contributed by atoms with Gasteiger partial charge in [0, 0.05) is 140 Å². The van der Waals surface area contributed by atoms with Crippen molar-refractivity contribution in [3.05, 3.63) is 34.4 Å². The van der Waals surface area contributed by atoms with E-state index in [1.807, 2.05) is 0 Å². The van der Waals surface area contributed by atoms with Gasteiger partial charge in [-0.25, -0.2) is 0 Å². The summed E-state index contributed by atoms with van der Waals surface area (Å²) in [4.78, 5) is 75.4. The van der Waals surface area contributed by atoms with Gasteiger partial charge < -0.3 is 30.1 Å². The maximum absolute atomic E-state index is 14.7. The number of amides is 4. The lowest BCUT2D eigenvalue weighted by Gasteiger charge is -2.36. The molecule has 6 heterocycles. The van der Waals surface area contributed by atoms with Crippen molar-refractivity contribution < 1.29 is 23.9 Å². The highest BCUT2D eigenvalue weighted by Crippen LogP contribution is 2.44. The van der Waals surface area contributed by atoms with E-state index in [-0.39, 0.29) is 24.9 Å². The van der Waals surface area contributed by atoms with Crippen LogP contribution in [0, 0.1) is 0 Å². The molecule has 304 valence electrons. The Morgan fingerprint density at radius 1 is 0.482 bits per heavy atom. The average molecular weight is 773 g/mol. The minimum Gasteiger partial charge on any atom is -0.383 e. The molecule has 2 aromatic rings. The molecule has 0 spiro atoms. The van der Waals surface area contributed by atoms with Gasteiger partial charge in [-0.05, 0) is 52.2 Å². The molecule has 0 radical (unpaired) electrons. The van der Waals surface area contributed by atoms with Crippen LogP contribution >= 0.6 is 0 Å². The lowest BCUT2D eigenvalue weighted by Crippen LogP contribution is -2.48. The second kappa shape index (κ2) is 17.4. The molecule has 4 fully saturated rings. The zero-order valence-electron chi connectivity index (χ0n) is 33.5. The number of rotatable bonds is 14. The Morgan fingerprint density at radius 3 is 1.34 bits per heavy atom.